The second kappa shape index (κ2) is 4.36. The first-order valence-electron chi connectivity index (χ1n) is 5.89. The van der Waals surface area contributed by atoms with Crippen LogP contribution < -0.4 is 0 Å². The van der Waals surface area contributed by atoms with Crippen LogP contribution in [0.4, 0.5) is 0 Å². The van der Waals surface area contributed by atoms with Crippen LogP contribution in [0.3, 0.4) is 0 Å². The van der Waals surface area contributed by atoms with E-state index >= 15 is 0 Å². The molecule has 1 aliphatic carbocycles. The van der Waals surface area contributed by atoms with E-state index in [1.54, 1.807) is 0 Å². The van der Waals surface area contributed by atoms with E-state index in [1.165, 1.54) is 23.1 Å². The summed E-state index contributed by atoms with van der Waals surface area (Å²) in [6.07, 6.45) is 3.81. The van der Waals surface area contributed by atoms with Crippen molar-refractivity contribution in [2.24, 2.45) is 5.92 Å². The summed E-state index contributed by atoms with van der Waals surface area (Å²) < 4.78 is 5.56. The number of rotatable bonds is 2. The zero-order chi connectivity index (χ0) is 10.8. The van der Waals surface area contributed by atoms with E-state index in [-0.39, 0.29) is 0 Å². The molecule has 0 fully saturated rings. The van der Waals surface area contributed by atoms with Crippen LogP contribution in [0.15, 0.2) is 18.2 Å². The molecule has 1 aromatic carbocycles. The summed E-state index contributed by atoms with van der Waals surface area (Å²) >= 11 is 0. The number of methoxy groups -OCH3 is 1. The van der Waals surface area contributed by atoms with Crippen LogP contribution in [0.1, 0.15) is 43.1 Å². The SMILES string of the molecule is CCc1ccc2c(c1)CC(C)CC2OC. The van der Waals surface area contributed by atoms with Crippen molar-refractivity contribution in [1.29, 1.82) is 0 Å². The molecule has 0 bridgehead atoms. The molecule has 2 unspecified atom stereocenters. The van der Waals surface area contributed by atoms with Crippen molar-refractivity contribution in [1.82, 2.24) is 0 Å². The number of hydrogen-bond acceptors (Lipinski definition) is 1. The van der Waals surface area contributed by atoms with Crippen molar-refractivity contribution >= 4 is 0 Å². The molecule has 1 aromatic rings. The van der Waals surface area contributed by atoms with Gasteiger partial charge in [0.25, 0.3) is 0 Å². The zero-order valence-electron chi connectivity index (χ0n) is 9.92. The number of hydrogen-bond donors (Lipinski definition) is 0. The minimum atomic E-state index is 0.314. The standard InChI is InChI=1S/C14H20O/c1-4-11-5-6-13-12(9-11)7-10(2)8-14(13)15-3/h5-6,9-10,14H,4,7-8H2,1-3H3. The largest absolute Gasteiger partial charge is 0.377 e. The summed E-state index contributed by atoms with van der Waals surface area (Å²) in [5.74, 6) is 0.745. The van der Waals surface area contributed by atoms with Crippen LogP contribution >= 0.6 is 0 Å². The predicted octanol–water partition coefficient (Wildman–Crippen LogP) is 3.52. The Morgan fingerprint density at radius 1 is 1.40 bits per heavy atom. The maximum Gasteiger partial charge on any atom is 0.0826 e. The molecular formula is C14H20O. The lowest BCUT2D eigenvalue weighted by Gasteiger charge is -2.29. The molecule has 0 heterocycles. The minimum absolute atomic E-state index is 0.314. The van der Waals surface area contributed by atoms with Gasteiger partial charge < -0.3 is 4.74 Å². The number of fused-ring (bicyclic) bond motifs is 1. The van der Waals surface area contributed by atoms with Gasteiger partial charge in [-0.25, -0.2) is 0 Å². The zero-order valence-corrected chi connectivity index (χ0v) is 9.92. The average molecular weight is 204 g/mol. The fraction of sp³-hybridized carbons (Fsp3) is 0.571. The van der Waals surface area contributed by atoms with Gasteiger partial charge in [0.2, 0.25) is 0 Å². The van der Waals surface area contributed by atoms with Gasteiger partial charge in [-0.3, -0.25) is 0 Å². The first kappa shape index (κ1) is 10.7. The Bertz CT molecular complexity index is 343. The molecule has 0 saturated carbocycles. The highest BCUT2D eigenvalue weighted by Gasteiger charge is 2.24. The summed E-state index contributed by atoms with van der Waals surface area (Å²) in [7, 11) is 1.82. The van der Waals surface area contributed by atoms with Crippen LogP contribution in [0.5, 0.6) is 0 Å². The smallest absolute Gasteiger partial charge is 0.0826 e. The van der Waals surface area contributed by atoms with E-state index in [2.05, 4.69) is 32.0 Å². The molecule has 15 heavy (non-hydrogen) atoms. The van der Waals surface area contributed by atoms with E-state index < -0.39 is 0 Å². The Kier molecular flexibility index (Phi) is 3.11. The normalized spacial score (nSPS) is 25.0. The highest BCUT2D eigenvalue weighted by Crippen LogP contribution is 2.35. The van der Waals surface area contributed by atoms with Gasteiger partial charge in [0.15, 0.2) is 0 Å². The molecule has 1 nitrogen and oxygen atoms in total. The molecule has 2 rings (SSSR count). The van der Waals surface area contributed by atoms with Crippen molar-refractivity contribution in [3.8, 4) is 0 Å². The lowest BCUT2D eigenvalue weighted by atomic mass is 9.82. The van der Waals surface area contributed by atoms with Gasteiger partial charge in [-0.1, -0.05) is 32.0 Å². The Labute approximate surface area is 92.5 Å². The van der Waals surface area contributed by atoms with Crippen molar-refractivity contribution < 1.29 is 4.74 Å². The summed E-state index contributed by atoms with van der Waals surface area (Å²) in [4.78, 5) is 0. The first-order valence-corrected chi connectivity index (χ1v) is 5.89. The summed E-state index contributed by atoms with van der Waals surface area (Å²) in [6.45, 7) is 4.52. The van der Waals surface area contributed by atoms with E-state index in [0.717, 1.165) is 18.8 Å². The molecule has 0 spiro atoms. The third-order valence-corrected chi connectivity index (χ3v) is 3.43. The van der Waals surface area contributed by atoms with Crippen molar-refractivity contribution in [2.45, 2.75) is 39.2 Å². The number of aryl methyl sites for hydroxylation is 1. The third kappa shape index (κ3) is 2.07. The van der Waals surface area contributed by atoms with Crippen molar-refractivity contribution in [3.63, 3.8) is 0 Å². The molecular weight excluding hydrogens is 184 g/mol. The van der Waals surface area contributed by atoms with Crippen LogP contribution in [-0.2, 0) is 17.6 Å². The summed E-state index contributed by atoms with van der Waals surface area (Å²) in [6, 6.07) is 6.85. The predicted molar refractivity (Wildman–Crippen MR) is 63.1 cm³/mol. The van der Waals surface area contributed by atoms with Crippen LogP contribution in [0, 0.1) is 5.92 Å². The molecule has 0 saturated heterocycles. The summed E-state index contributed by atoms with van der Waals surface area (Å²) in [5.41, 5.74) is 4.35. The van der Waals surface area contributed by atoms with Crippen molar-refractivity contribution in [2.75, 3.05) is 7.11 Å². The second-order valence-electron chi connectivity index (χ2n) is 4.66. The van der Waals surface area contributed by atoms with Gasteiger partial charge in [-0.15, -0.1) is 0 Å². The van der Waals surface area contributed by atoms with E-state index in [0.29, 0.717) is 6.10 Å². The van der Waals surface area contributed by atoms with E-state index in [9.17, 15) is 0 Å². The quantitative estimate of drug-likeness (QED) is 0.716. The summed E-state index contributed by atoms with van der Waals surface area (Å²) in [5, 5.41) is 0. The average Bonchev–Trinajstić information content (AvgIpc) is 2.26. The van der Waals surface area contributed by atoms with Gasteiger partial charge in [0, 0.05) is 7.11 Å². The Morgan fingerprint density at radius 3 is 2.87 bits per heavy atom. The maximum atomic E-state index is 5.56. The Morgan fingerprint density at radius 2 is 2.20 bits per heavy atom. The molecule has 2 atom stereocenters. The maximum absolute atomic E-state index is 5.56. The third-order valence-electron chi connectivity index (χ3n) is 3.43. The number of benzene rings is 1. The minimum Gasteiger partial charge on any atom is -0.377 e. The highest BCUT2D eigenvalue weighted by atomic mass is 16.5. The van der Waals surface area contributed by atoms with Gasteiger partial charge >= 0.3 is 0 Å². The monoisotopic (exact) mass is 204 g/mol. The highest BCUT2D eigenvalue weighted by molar-refractivity contribution is 5.35. The molecule has 0 aliphatic heterocycles. The van der Waals surface area contributed by atoms with Gasteiger partial charge in [-0.2, -0.15) is 0 Å². The Hall–Kier alpha value is -0.820. The number of ether oxygens (including phenoxy) is 1. The van der Waals surface area contributed by atoms with Crippen LogP contribution in [0.25, 0.3) is 0 Å². The lowest BCUT2D eigenvalue weighted by Crippen LogP contribution is -2.18. The molecule has 1 aliphatic rings. The van der Waals surface area contributed by atoms with Gasteiger partial charge in [0.05, 0.1) is 6.10 Å². The van der Waals surface area contributed by atoms with E-state index in [4.69, 9.17) is 4.74 Å². The molecule has 0 radical (unpaired) electrons. The van der Waals surface area contributed by atoms with Gasteiger partial charge in [0.1, 0.15) is 0 Å². The fourth-order valence-corrected chi connectivity index (χ4v) is 2.54. The molecule has 0 aromatic heterocycles. The molecule has 0 N–H and O–H groups in total. The topological polar surface area (TPSA) is 9.23 Å². The lowest BCUT2D eigenvalue weighted by molar-refractivity contribution is 0.0745. The van der Waals surface area contributed by atoms with E-state index in [1.807, 2.05) is 7.11 Å². The fourth-order valence-electron chi connectivity index (χ4n) is 2.54. The molecule has 1 heteroatoms. The van der Waals surface area contributed by atoms with Crippen molar-refractivity contribution in [3.05, 3.63) is 34.9 Å². The molecule has 0 amide bonds. The Balaban J connectivity index is 2.37. The first-order chi connectivity index (χ1) is 7.24. The second-order valence-corrected chi connectivity index (χ2v) is 4.66. The van der Waals surface area contributed by atoms with Gasteiger partial charge in [-0.05, 0) is 41.9 Å². The van der Waals surface area contributed by atoms with Crippen LogP contribution in [0.2, 0.25) is 0 Å². The van der Waals surface area contributed by atoms with Crippen LogP contribution in [-0.4, -0.2) is 7.11 Å². The molecule has 82 valence electrons.